The molecule has 130 valence electrons. The fourth-order valence-electron chi connectivity index (χ4n) is 1.95. The van der Waals surface area contributed by atoms with Crippen LogP contribution in [0.1, 0.15) is 38.9 Å². The quantitative estimate of drug-likeness (QED) is 0.590. The van der Waals surface area contributed by atoms with Crippen LogP contribution in [0.4, 0.5) is 10.5 Å². The number of hydrogen-bond donors (Lipinski definition) is 4. The van der Waals surface area contributed by atoms with E-state index >= 15 is 0 Å². The molecule has 0 fully saturated rings. The number of hydrogen-bond acceptors (Lipinski definition) is 6. The molecule has 0 aliphatic carbocycles. The largest absolute Gasteiger partial charge is 0.497 e. The Hall–Kier alpha value is -1.99. The smallest absolute Gasteiger partial charge is 0.407 e. The second-order valence-electron chi connectivity index (χ2n) is 6.27. The predicted molar refractivity (Wildman–Crippen MR) is 87.2 cm³/mol. The average molecular weight is 326 g/mol. The Morgan fingerprint density at radius 2 is 1.96 bits per heavy atom. The molecule has 0 aliphatic heterocycles. The number of aliphatic hydroxyl groups is 2. The van der Waals surface area contributed by atoms with Gasteiger partial charge in [0, 0.05) is 18.3 Å². The van der Waals surface area contributed by atoms with E-state index in [4.69, 9.17) is 15.2 Å². The van der Waals surface area contributed by atoms with Crippen LogP contribution in [0.5, 0.6) is 5.75 Å². The molecule has 5 N–H and O–H groups in total. The Labute approximate surface area is 136 Å². The lowest BCUT2D eigenvalue weighted by atomic mass is 10.0. The third kappa shape index (κ3) is 6.75. The molecule has 2 unspecified atom stereocenters. The van der Waals surface area contributed by atoms with E-state index < -0.39 is 23.9 Å². The third-order valence-electron chi connectivity index (χ3n) is 3.00. The minimum absolute atomic E-state index is 0.164. The zero-order valence-corrected chi connectivity index (χ0v) is 14.0. The lowest BCUT2D eigenvalue weighted by Gasteiger charge is -2.21. The molecule has 0 bridgehead atoms. The molecular formula is C16H26N2O5. The molecule has 23 heavy (non-hydrogen) atoms. The van der Waals surface area contributed by atoms with Crippen LogP contribution in [0, 0.1) is 0 Å². The molecule has 1 rings (SSSR count). The summed E-state index contributed by atoms with van der Waals surface area (Å²) in [4.78, 5) is 11.5. The van der Waals surface area contributed by atoms with E-state index in [0.29, 0.717) is 17.0 Å². The minimum atomic E-state index is -1.13. The highest BCUT2D eigenvalue weighted by Gasteiger charge is 2.20. The lowest BCUT2D eigenvalue weighted by Crippen LogP contribution is -2.34. The molecule has 0 saturated heterocycles. The number of carbonyl (C=O) groups is 1. The Balaban J connectivity index is 2.53. The molecule has 1 aromatic rings. The van der Waals surface area contributed by atoms with E-state index in [-0.39, 0.29) is 13.0 Å². The van der Waals surface area contributed by atoms with E-state index in [1.54, 1.807) is 39.0 Å². The summed E-state index contributed by atoms with van der Waals surface area (Å²) in [6.07, 6.45) is -2.59. The number of rotatable bonds is 6. The van der Waals surface area contributed by atoms with Crippen LogP contribution in [0.2, 0.25) is 0 Å². The van der Waals surface area contributed by atoms with Crippen molar-refractivity contribution >= 4 is 11.8 Å². The highest BCUT2D eigenvalue weighted by molar-refractivity contribution is 5.67. The first-order valence-corrected chi connectivity index (χ1v) is 7.40. The summed E-state index contributed by atoms with van der Waals surface area (Å²) < 4.78 is 10.2. The molecule has 0 saturated carbocycles. The van der Waals surface area contributed by atoms with Gasteiger partial charge in [0.1, 0.15) is 17.5 Å². The summed E-state index contributed by atoms with van der Waals surface area (Å²) >= 11 is 0. The van der Waals surface area contributed by atoms with Crippen molar-refractivity contribution < 1.29 is 24.5 Å². The fraction of sp³-hybridized carbons (Fsp3) is 0.562. The van der Waals surface area contributed by atoms with E-state index in [2.05, 4.69) is 5.32 Å². The van der Waals surface area contributed by atoms with Crippen molar-refractivity contribution in [3.63, 3.8) is 0 Å². The molecule has 0 radical (unpaired) electrons. The first-order valence-electron chi connectivity index (χ1n) is 7.40. The molecule has 0 spiro atoms. The van der Waals surface area contributed by atoms with Gasteiger partial charge in [0.2, 0.25) is 0 Å². The maximum absolute atomic E-state index is 11.5. The van der Waals surface area contributed by atoms with Crippen molar-refractivity contribution in [3.8, 4) is 5.75 Å². The van der Waals surface area contributed by atoms with E-state index in [9.17, 15) is 15.0 Å². The van der Waals surface area contributed by atoms with Crippen LogP contribution in [0.3, 0.4) is 0 Å². The Morgan fingerprint density at radius 3 is 2.52 bits per heavy atom. The monoisotopic (exact) mass is 326 g/mol. The molecule has 2 atom stereocenters. The van der Waals surface area contributed by atoms with Gasteiger partial charge in [-0.3, -0.25) is 0 Å². The first-order chi connectivity index (χ1) is 10.6. The summed E-state index contributed by atoms with van der Waals surface area (Å²) in [7, 11) is 1.49. The number of ether oxygens (including phenoxy) is 2. The van der Waals surface area contributed by atoms with Crippen LogP contribution >= 0.6 is 0 Å². The van der Waals surface area contributed by atoms with Gasteiger partial charge in [0.25, 0.3) is 0 Å². The van der Waals surface area contributed by atoms with Crippen LogP contribution in [0.15, 0.2) is 18.2 Å². The maximum Gasteiger partial charge on any atom is 0.407 e. The number of anilines is 1. The molecule has 1 amide bonds. The number of nitrogens with two attached hydrogens (primary N) is 1. The predicted octanol–water partition coefficient (Wildman–Crippen LogP) is 1.59. The lowest BCUT2D eigenvalue weighted by molar-refractivity contribution is 0.0122. The van der Waals surface area contributed by atoms with Gasteiger partial charge in [0.15, 0.2) is 0 Å². The summed E-state index contributed by atoms with van der Waals surface area (Å²) in [5.74, 6) is 0.498. The number of amides is 1. The summed E-state index contributed by atoms with van der Waals surface area (Å²) in [5, 5.41) is 22.8. The normalized spacial score (nSPS) is 14.0. The number of aliphatic hydroxyl groups excluding tert-OH is 2. The molecule has 7 heteroatoms. The zero-order chi connectivity index (χ0) is 17.6. The second kappa shape index (κ2) is 8.03. The van der Waals surface area contributed by atoms with E-state index in [1.807, 2.05) is 0 Å². The number of carbonyl (C=O) groups excluding carboxylic acids is 1. The molecule has 7 nitrogen and oxygen atoms in total. The van der Waals surface area contributed by atoms with Crippen molar-refractivity contribution in [1.82, 2.24) is 5.32 Å². The number of nitrogens with one attached hydrogen (secondary N) is 1. The molecule has 0 aromatic heterocycles. The van der Waals surface area contributed by atoms with Gasteiger partial charge in [-0.25, -0.2) is 4.79 Å². The van der Waals surface area contributed by atoms with Crippen molar-refractivity contribution in [2.24, 2.45) is 0 Å². The Morgan fingerprint density at radius 1 is 1.30 bits per heavy atom. The van der Waals surface area contributed by atoms with Gasteiger partial charge in [-0.1, -0.05) is 0 Å². The molecule has 1 aromatic carbocycles. The van der Waals surface area contributed by atoms with Gasteiger partial charge in [-0.15, -0.1) is 0 Å². The number of alkyl carbamates (subject to hydrolysis) is 1. The van der Waals surface area contributed by atoms with Crippen molar-refractivity contribution in [2.45, 2.75) is 45.0 Å². The van der Waals surface area contributed by atoms with E-state index in [1.165, 1.54) is 7.11 Å². The van der Waals surface area contributed by atoms with Crippen LogP contribution in [0.25, 0.3) is 0 Å². The van der Waals surface area contributed by atoms with Gasteiger partial charge < -0.3 is 30.7 Å². The SMILES string of the molecule is COc1cc(N)cc(C(O)C(O)CCNC(=O)OC(C)(C)C)c1. The Bertz CT molecular complexity index is 528. The van der Waals surface area contributed by atoms with Gasteiger partial charge in [0.05, 0.1) is 13.2 Å². The fourth-order valence-corrected chi connectivity index (χ4v) is 1.95. The molecule has 0 aliphatic rings. The van der Waals surface area contributed by atoms with Crippen molar-refractivity contribution in [3.05, 3.63) is 23.8 Å². The summed E-state index contributed by atoms with van der Waals surface area (Å²) in [6.45, 7) is 5.46. The molecule has 0 heterocycles. The average Bonchev–Trinajstić information content (AvgIpc) is 2.43. The van der Waals surface area contributed by atoms with Crippen LogP contribution in [-0.4, -0.2) is 41.7 Å². The van der Waals surface area contributed by atoms with Crippen molar-refractivity contribution in [2.75, 3.05) is 19.4 Å². The van der Waals surface area contributed by atoms with E-state index in [0.717, 1.165) is 0 Å². The molecular weight excluding hydrogens is 300 g/mol. The van der Waals surface area contributed by atoms with Crippen LogP contribution in [-0.2, 0) is 4.74 Å². The van der Waals surface area contributed by atoms with Gasteiger partial charge >= 0.3 is 6.09 Å². The number of benzene rings is 1. The highest BCUT2D eigenvalue weighted by Crippen LogP contribution is 2.26. The maximum atomic E-state index is 11.5. The number of methoxy groups -OCH3 is 1. The van der Waals surface area contributed by atoms with Crippen molar-refractivity contribution in [1.29, 1.82) is 0 Å². The topological polar surface area (TPSA) is 114 Å². The number of nitrogen functional groups attached to an aromatic ring is 1. The summed E-state index contributed by atoms with van der Waals surface area (Å²) in [5.41, 5.74) is 6.02. The van der Waals surface area contributed by atoms with Gasteiger partial charge in [-0.2, -0.15) is 0 Å². The summed E-state index contributed by atoms with van der Waals surface area (Å²) in [6, 6.07) is 4.79. The van der Waals surface area contributed by atoms with Crippen LogP contribution < -0.4 is 15.8 Å². The zero-order valence-electron chi connectivity index (χ0n) is 14.0. The van der Waals surface area contributed by atoms with Gasteiger partial charge in [-0.05, 0) is 44.9 Å². The third-order valence-corrected chi connectivity index (χ3v) is 3.00. The standard InChI is InChI=1S/C16H26N2O5/c1-16(2,3)23-15(21)18-6-5-13(19)14(20)10-7-11(17)9-12(8-10)22-4/h7-9,13-14,19-20H,5-6,17H2,1-4H3,(H,18,21). The second-order valence-corrected chi connectivity index (χ2v) is 6.27. The first kappa shape index (κ1) is 19.1. The minimum Gasteiger partial charge on any atom is -0.497 e. The Kier molecular flexibility index (Phi) is 6.65. The highest BCUT2D eigenvalue weighted by atomic mass is 16.6.